The number of fused-ring (bicyclic) bond motifs is 1. The van der Waals surface area contributed by atoms with Gasteiger partial charge in [-0.1, -0.05) is 65.7 Å². The Kier molecular flexibility index (Phi) is 9.74. The van der Waals surface area contributed by atoms with Gasteiger partial charge in [-0.25, -0.2) is 4.79 Å². The highest BCUT2D eigenvalue weighted by atomic mass is 32.2. The number of hydrogen-bond donors (Lipinski definition) is 0. The second-order valence-corrected chi connectivity index (χ2v) is 14.3. The standard InChI is InChI=1S/C31H46O8S/c1-9-21(3)31(7)25(39-26(33)19-38-40(35,36)23-12-10-20(2)11-13-23)18-29(5,16-17-32)28(34)22(4)30(6)15-14-24(37-8)27(30)31/h10-13,17,21-22,24-25,27H,9,14-16,18-19H2,1-8H3/t21-,22+,24-,25-,27-,29+,30+,31+/m1/s1. The molecule has 8 nitrogen and oxygen atoms in total. The number of aryl methyl sites for hydroxylation is 1. The highest BCUT2D eigenvalue weighted by molar-refractivity contribution is 7.86. The summed E-state index contributed by atoms with van der Waals surface area (Å²) in [5, 5.41) is 0. The summed E-state index contributed by atoms with van der Waals surface area (Å²) in [6.07, 6.45) is 2.32. The van der Waals surface area contributed by atoms with Crippen LogP contribution in [0.2, 0.25) is 0 Å². The number of hydrogen-bond acceptors (Lipinski definition) is 8. The second-order valence-electron chi connectivity index (χ2n) is 12.7. The van der Waals surface area contributed by atoms with Crippen LogP contribution in [0.15, 0.2) is 29.2 Å². The van der Waals surface area contributed by atoms with Gasteiger partial charge in [0.2, 0.25) is 0 Å². The molecule has 0 aliphatic heterocycles. The van der Waals surface area contributed by atoms with Crippen molar-refractivity contribution in [2.75, 3.05) is 13.7 Å². The Hall–Kier alpha value is -2.10. The molecule has 1 aromatic carbocycles. The quantitative estimate of drug-likeness (QED) is 0.209. The zero-order chi connectivity index (χ0) is 30.1. The molecule has 2 aliphatic rings. The molecule has 3 rings (SSSR count). The van der Waals surface area contributed by atoms with Gasteiger partial charge in [0.15, 0.2) is 6.61 Å². The molecule has 9 heteroatoms. The van der Waals surface area contributed by atoms with E-state index in [1.165, 1.54) is 12.1 Å². The van der Waals surface area contributed by atoms with E-state index in [-0.39, 0.29) is 47.4 Å². The van der Waals surface area contributed by atoms with Gasteiger partial charge in [0, 0.05) is 36.2 Å². The van der Waals surface area contributed by atoms with Crippen LogP contribution >= 0.6 is 0 Å². The highest BCUT2D eigenvalue weighted by Crippen LogP contribution is 2.64. The summed E-state index contributed by atoms with van der Waals surface area (Å²) in [6.45, 7) is 13.2. The molecule has 0 N–H and O–H groups in total. The molecule has 1 aromatic rings. The van der Waals surface area contributed by atoms with E-state index < -0.39 is 45.0 Å². The zero-order valence-electron chi connectivity index (χ0n) is 25.2. The lowest BCUT2D eigenvalue weighted by atomic mass is 9.48. The van der Waals surface area contributed by atoms with Crippen LogP contribution in [0.1, 0.15) is 79.2 Å². The van der Waals surface area contributed by atoms with Gasteiger partial charge in [0.05, 0.1) is 11.0 Å². The first-order valence-corrected chi connectivity index (χ1v) is 15.7. The Morgan fingerprint density at radius 1 is 1.18 bits per heavy atom. The molecule has 0 aromatic heterocycles. The van der Waals surface area contributed by atoms with Crippen molar-refractivity contribution in [3.8, 4) is 0 Å². The van der Waals surface area contributed by atoms with E-state index in [0.29, 0.717) is 0 Å². The summed E-state index contributed by atoms with van der Waals surface area (Å²) in [7, 11) is -2.50. The number of rotatable bonds is 10. The lowest BCUT2D eigenvalue weighted by Crippen LogP contribution is -2.60. The molecule has 224 valence electrons. The minimum Gasteiger partial charge on any atom is -0.460 e. The van der Waals surface area contributed by atoms with Crippen LogP contribution < -0.4 is 0 Å². The van der Waals surface area contributed by atoms with Gasteiger partial charge in [0.1, 0.15) is 18.2 Å². The van der Waals surface area contributed by atoms with Crippen molar-refractivity contribution in [3.63, 3.8) is 0 Å². The SMILES string of the molecule is CC[C@@H](C)[C@]1(C)[C@@H]2[C@H](OC)CC[C@@]2(C)[C@@H](C)C(=O)[C@@](C)(CC=O)C[C@H]1OC(=O)COS(=O)(=O)c1ccc(C)cc1. The Balaban J connectivity index is 2.03. The Labute approximate surface area is 239 Å². The van der Waals surface area contributed by atoms with Gasteiger partial charge >= 0.3 is 5.97 Å². The fourth-order valence-electron chi connectivity index (χ4n) is 7.49. The molecule has 2 aliphatic carbocycles. The van der Waals surface area contributed by atoms with Crippen LogP contribution in [-0.2, 0) is 38.2 Å². The maximum Gasteiger partial charge on any atom is 0.333 e. The normalized spacial score (nSPS) is 35.4. The third kappa shape index (κ3) is 5.79. The molecule has 0 unspecified atom stereocenters. The van der Waals surface area contributed by atoms with E-state index >= 15 is 0 Å². The van der Waals surface area contributed by atoms with Gasteiger partial charge in [-0.15, -0.1) is 0 Å². The van der Waals surface area contributed by atoms with Gasteiger partial charge in [0.25, 0.3) is 10.1 Å². The average molecular weight is 579 g/mol. The number of benzene rings is 1. The van der Waals surface area contributed by atoms with Crippen LogP contribution in [0.25, 0.3) is 0 Å². The van der Waals surface area contributed by atoms with Gasteiger partial charge in [-0.05, 0) is 49.7 Å². The largest absolute Gasteiger partial charge is 0.460 e. The van der Waals surface area contributed by atoms with E-state index in [1.807, 2.05) is 13.8 Å². The molecule has 8 atom stereocenters. The van der Waals surface area contributed by atoms with Crippen LogP contribution in [0.5, 0.6) is 0 Å². The Bertz CT molecular complexity index is 1190. The molecular weight excluding hydrogens is 532 g/mol. The second kappa shape index (κ2) is 12.0. The number of carbonyl (C=O) groups excluding carboxylic acids is 3. The predicted octanol–water partition coefficient (Wildman–Crippen LogP) is 5.30. The third-order valence-corrected chi connectivity index (χ3v) is 11.7. The molecule has 40 heavy (non-hydrogen) atoms. The number of ether oxygens (including phenoxy) is 2. The fraction of sp³-hybridized carbons (Fsp3) is 0.710. The van der Waals surface area contributed by atoms with Crippen LogP contribution in [0, 0.1) is 40.9 Å². The van der Waals surface area contributed by atoms with E-state index in [9.17, 15) is 22.8 Å². The molecule has 0 spiro atoms. The lowest BCUT2D eigenvalue weighted by molar-refractivity contribution is -0.193. The maximum absolute atomic E-state index is 14.0. The molecule has 0 bridgehead atoms. The highest BCUT2D eigenvalue weighted by Gasteiger charge is 2.65. The van der Waals surface area contributed by atoms with Crippen molar-refractivity contribution in [2.45, 2.75) is 97.7 Å². The number of aldehydes is 1. The molecular formula is C31H46O8S. The summed E-state index contributed by atoms with van der Waals surface area (Å²) >= 11 is 0. The first-order valence-electron chi connectivity index (χ1n) is 14.3. The third-order valence-electron chi connectivity index (χ3n) is 10.5. The van der Waals surface area contributed by atoms with Crippen LogP contribution in [0.4, 0.5) is 0 Å². The smallest absolute Gasteiger partial charge is 0.333 e. The summed E-state index contributed by atoms with van der Waals surface area (Å²) in [6, 6.07) is 6.15. The van der Waals surface area contributed by atoms with Gasteiger partial charge < -0.3 is 14.3 Å². The predicted molar refractivity (Wildman–Crippen MR) is 151 cm³/mol. The lowest BCUT2D eigenvalue weighted by Gasteiger charge is -2.57. The van der Waals surface area contributed by atoms with Crippen molar-refractivity contribution >= 4 is 28.2 Å². The Morgan fingerprint density at radius 2 is 1.80 bits per heavy atom. The van der Waals surface area contributed by atoms with Crippen LogP contribution in [-0.4, -0.2) is 52.4 Å². The number of esters is 1. The Morgan fingerprint density at radius 3 is 2.35 bits per heavy atom. The number of carbonyl (C=O) groups is 3. The molecule has 0 radical (unpaired) electrons. The first-order chi connectivity index (χ1) is 18.6. The van der Waals surface area contributed by atoms with E-state index in [4.69, 9.17) is 13.7 Å². The summed E-state index contributed by atoms with van der Waals surface area (Å²) in [5.41, 5.74) is -1.24. The van der Waals surface area contributed by atoms with E-state index in [0.717, 1.165) is 31.1 Å². The van der Waals surface area contributed by atoms with Crippen LogP contribution in [0.3, 0.4) is 0 Å². The molecule has 0 saturated heterocycles. The summed E-state index contributed by atoms with van der Waals surface area (Å²) in [5.74, 6) is -1.24. The first kappa shape index (κ1) is 32.4. The van der Waals surface area contributed by atoms with Crippen molar-refractivity contribution in [3.05, 3.63) is 29.8 Å². The van der Waals surface area contributed by atoms with E-state index in [1.54, 1.807) is 26.2 Å². The monoisotopic (exact) mass is 578 g/mol. The van der Waals surface area contributed by atoms with E-state index in [2.05, 4.69) is 27.7 Å². The minimum absolute atomic E-state index is 0.00751. The van der Waals surface area contributed by atoms with Crippen molar-refractivity contribution in [1.29, 1.82) is 0 Å². The number of methoxy groups -OCH3 is 1. The average Bonchev–Trinajstić information content (AvgIpc) is 3.27. The van der Waals surface area contributed by atoms with Crippen molar-refractivity contribution in [2.24, 2.45) is 34.0 Å². The van der Waals surface area contributed by atoms with Crippen molar-refractivity contribution < 1.29 is 36.5 Å². The van der Waals surface area contributed by atoms with Gasteiger partial charge in [-0.3, -0.25) is 8.98 Å². The zero-order valence-corrected chi connectivity index (χ0v) is 26.0. The number of Topliss-reactive ketones (excluding diaryl/α,β-unsaturated/α-hetero) is 1. The molecule has 2 fully saturated rings. The van der Waals surface area contributed by atoms with Gasteiger partial charge in [-0.2, -0.15) is 8.42 Å². The molecule has 0 heterocycles. The maximum atomic E-state index is 14.0. The molecule has 2 saturated carbocycles. The number of ketones is 1. The fourth-order valence-corrected chi connectivity index (χ4v) is 8.35. The summed E-state index contributed by atoms with van der Waals surface area (Å²) in [4.78, 5) is 39.1. The summed E-state index contributed by atoms with van der Waals surface area (Å²) < 4.78 is 42.7. The molecule has 0 amide bonds. The topological polar surface area (TPSA) is 113 Å². The van der Waals surface area contributed by atoms with Crippen molar-refractivity contribution in [1.82, 2.24) is 0 Å². The minimum atomic E-state index is -4.18.